The van der Waals surface area contributed by atoms with Gasteiger partial charge < -0.3 is 0 Å². The van der Waals surface area contributed by atoms with Crippen LogP contribution in [0, 0.1) is 36.5 Å². The second kappa shape index (κ2) is 5.19. The van der Waals surface area contributed by atoms with E-state index in [4.69, 9.17) is 5.26 Å². The molecular weight excluding hydrogens is 146 g/mol. The SMILES string of the molecule is [CH2]CC1C[CH]C(CCCC#N)C1. The van der Waals surface area contributed by atoms with E-state index in [0.717, 1.165) is 31.1 Å². The van der Waals surface area contributed by atoms with Crippen molar-refractivity contribution >= 4 is 0 Å². The van der Waals surface area contributed by atoms with Crippen LogP contribution in [0.1, 0.15) is 38.5 Å². The quantitative estimate of drug-likeness (QED) is 0.584. The summed E-state index contributed by atoms with van der Waals surface area (Å²) in [6.45, 7) is 3.93. The van der Waals surface area contributed by atoms with E-state index in [1.54, 1.807) is 0 Å². The molecule has 0 aromatic heterocycles. The summed E-state index contributed by atoms with van der Waals surface area (Å²) in [5.41, 5.74) is 0. The molecule has 2 atom stereocenters. The Bertz CT molecular complexity index is 157. The first-order valence-electron chi connectivity index (χ1n) is 4.86. The van der Waals surface area contributed by atoms with Gasteiger partial charge in [-0.2, -0.15) is 5.26 Å². The van der Waals surface area contributed by atoms with E-state index < -0.39 is 0 Å². The topological polar surface area (TPSA) is 23.8 Å². The number of nitriles is 1. The second-order valence-electron chi connectivity index (χ2n) is 3.67. The maximum Gasteiger partial charge on any atom is 0.0621 e. The van der Waals surface area contributed by atoms with E-state index in [9.17, 15) is 0 Å². The minimum Gasteiger partial charge on any atom is -0.198 e. The fourth-order valence-electron chi connectivity index (χ4n) is 1.92. The summed E-state index contributed by atoms with van der Waals surface area (Å²) in [5, 5.41) is 8.37. The van der Waals surface area contributed by atoms with Gasteiger partial charge in [-0.25, -0.2) is 0 Å². The van der Waals surface area contributed by atoms with Crippen molar-refractivity contribution in [2.75, 3.05) is 0 Å². The Kier molecular flexibility index (Phi) is 4.14. The molecule has 0 heterocycles. The molecule has 1 nitrogen and oxygen atoms in total. The standard InChI is InChI=1S/C11H17N/c1-2-10-6-7-11(9-10)5-3-4-8-12/h7,10-11H,1-6,9H2. The van der Waals surface area contributed by atoms with Crippen LogP contribution in [0.15, 0.2) is 0 Å². The molecule has 1 fully saturated rings. The number of rotatable bonds is 4. The van der Waals surface area contributed by atoms with Crippen molar-refractivity contribution in [2.45, 2.75) is 38.5 Å². The minimum absolute atomic E-state index is 0.722. The number of hydrogen-bond acceptors (Lipinski definition) is 1. The Morgan fingerprint density at radius 2 is 2.42 bits per heavy atom. The maximum absolute atomic E-state index is 8.37. The van der Waals surface area contributed by atoms with E-state index in [2.05, 4.69) is 19.4 Å². The molecule has 1 heteroatoms. The molecule has 0 N–H and O–H groups in total. The Labute approximate surface area is 75.8 Å². The van der Waals surface area contributed by atoms with E-state index in [1.165, 1.54) is 19.3 Å². The summed E-state index contributed by atoms with van der Waals surface area (Å²) in [6, 6.07) is 2.19. The van der Waals surface area contributed by atoms with Crippen molar-refractivity contribution in [3.63, 3.8) is 0 Å². The van der Waals surface area contributed by atoms with Gasteiger partial charge >= 0.3 is 0 Å². The third kappa shape index (κ3) is 2.85. The molecule has 1 rings (SSSR count). The third-order valence-corrected chi connectivity index (χ3v) is 2.71. The highest BCUT2D eigenvalue weighted by Gasteiger charge is 2.22. The molecular formula is C11H17N. The molecule has 2 radical (unpaired) electrons. The summed E-state index contributed by atoms with van der Waals surface area (Å²) in [6.07, 6.45) is 9.07. The number of hydrogen-bond donors (Lipinski definition) is 0. The average Bonchev–Trinajstić information content (AvgIpc) is 2.53. The summed E-state index contributed by atoms with van der Waals surface area (Å²) in [4.78, 5) is 0. The molecule has 0 aliphatic heterocycles. The van der Waals surface area contributed by atoms with Gasteiger partial charge in [0, 0.05) is 6.42 Å². The van der Waals surface area contributed by atoms with Gasteiger partial charge in [0.1, 0.15) is 0 Å². The summed E-state index contributed by atoms with van der Waals surface area (Å²) < 4.78 is 0. The van der Waals surface area contributed by atoms with Crippen molar-refractivity contribution < 1.29 is 0 Å². The molecule has 0 bridgehead atoms. The summed E-state index contributed by atoms with van der Waals surface area (Å²) >= 11 is 0. The van der Waals surface area contributed by atoms with Gasteiger partial charge in [0.25, 0.3) is 0 Å². The molecule has 66 valence electrons. The van der Waals surface area contributed by atoms with E-state index in [0.29, 0.717) is 0 Å². The lowest BCUT2D eigenvalue weighted by molar-refractivity contribution is 0.474. The first-order valence-corrected chi connectivity index (χ1v) is 4.86. The normalized spacial score (nSPS) is 28.7. The monoisotopic (exact) mass is 163 g/mol. The molecule has 0 aromatic carbocycles. The van der Waals surface area contributed by atoms with Crippen LogP contribution in [0.25, 0.3) is 0 Å². The first-order chi connectivity index (χ1) is 5.86. The van der Waals surface area contributed by atoms with E-state index in [1.807, 2.05) is 0 Å². The van der Waals surface area contributed by atoms with Crippen LogP contribution in [0.2, 0.25) is 0 Å². The first kappa shape index (κ1) is 9.58. The molecule has 2 unspecified atom stereocenters. The van der Waals surface area contributed by atoms with Gasteiger partial charge in [-0.3, -0.25) is 0 Å². The molecule has 1 aliphatic carbocycles. The largest absolute Gasteiger partial charge is 0.198 e. The third-order valence-electron chi connectivity index (χ3n) is 2.71. The minimum atomic E-state index is 0.722. The van der Waals surface area contributed by atoms with Crippen LogP contribution >= 0.6 is 0 Å². The lowest BCUT2D eigenvalue weighted by atomic mass is 9.98. The molecule has 1 saturated carbocycles. The van der Waals surface area contributed by atoms with Crippen molar-refractivity contribution in [2.24, 2.45) is 11.8 Å². The van der Waals surface area contributed by atoms with Crippen molar-refractivity contribution in [1.29, 1.82) is 5.26 Å². The lowest BCUT2D eigenvalue weighted by Gasteiger charge is -2.07. The van der Waals surface area contributed by atoms with Gasteiger partial charge in [-0.05, 0) is 43.9 Å². The van der Waals surface area contributed by atoms with E-state index in [-0.39, 0.29) is 0 Å². The molecule has 1 aliphatic rings. The second-order valence-corrected chi connectivity index (χ2v) is 3.67. The number of unbranched alkanes of at least 4 members (excludes halogenated alkanes) is 1. The van der Waals surface area contributed by atoms with E-state index >= 15 is 0 Å². The Balaban J connectivity index is 2.07. The van der Waals surface area contributed by atoms with Crippen LogP contribution in [0.5, 0.6) is 0 Å². The zero-order valence-electron chi connectivity index (χ0n) is 7.63. The van der Waals surface area contributed by atoms with Crippen LogP contribution in [0.3, 0.4) is 0 Å². The highest BCUT2D eigenvalue weighted by Crippen LogP contribution is 2.34. The predicted molar refractivity (Wildman–Crippen MR) is 50.0 cm³/mol. The Morgan fingerprint density at radius 3 is 3.00 bits per heavy atom. The molecule has 0 amide bonds. The van der Waals surface area contributed by atoms with Gasteiger partial charge in [0.15, 0.2) is 0 Å². The number of nitrogens with zero attached hydrogens (tertiary/aromatic N) is 1. The van der Waals surface area contributed by atoms with Gasteiger partial charge in [-0.1, -0.05) is 13.3 Å². The van der Waals surface area contributed by atoms with Crippen LogP contribution in [-0.4, -0.2) is 0 Å². The van der Waals surface area contributed by atoms with Crippen LogP contribution in [-0.2, 0) is 0 Å². The highest BCUT2D eigenvalue weighted by atomic mass is 14.3. The van der Waals surface area contributed by atoms with Crippen molar-refractivity contribution in [3.8, 4) is 6.07 Å². The molecule has 0 aromatic rings. The van der Waals surface area contributed by atoms with Crippen molar-refractivity contribution in [1.82, 2.24) is 0 Å². The molecule has 12 heavy (non-hydrogen) atoms. The lowest BCUT2D eigenvalue weighted by Crippen LogP contribution is -1.95. The zero-order chi connectivity index (χ0) is 8.81. The average molecular weight is 163 g/mol. The summed E-state index contributed by atoms with van der Waals surface area (Å²) in [5.74, 6) is 1.61. The van der Waals surface area contributed by atoms with Gasteiger partial charge in [0.05, 0.1) is 6.07 Å². The maximum atomic E-state index is 8.37. The van der Waals surface area contributed by atoms with Gasteiger partial charge in [-0.15, -0.1) is 0 Å². The predicted octanol–water partition coefficient (Wildman–Crippen LogP) is 3.13. The van der Waals surface area contributed by atoms with Crippen LogP contribution in [0.4, 0.5) is 0 Å². The molecule has 0 spiro atoms. The Hall–Kier alpha value is -0.510. The fourth-order valence-corrected chi connectivity index (χ4v) is 1.92. The van der Waals surface area contributed by atoms with Crippen molar-refractivity contribution in [3.05, 3.63) is 13.3 Å². The van der Waals surface area contributed by atoms with Gasteiger partial charge in [0.2, 0.25) is 0 Å². The zero-order valence-corrected chi connectivity index (χ0v) is 7.63. The highest BCUT2D eigenvalue weighted by molar-refractivity contribution is 4.89. The fraction of sp³-hybridized carbons (Fsp3) is 0.727. The van der Waals surface area contributed by atoms with Crippen LogP contribution < -0.4 is 0 Å². The summed E-state index contributed by atoms with van der Waals surface area (Å²) in [7, 11) is 0. The smallest absolute Gasteiger partial charge is 0.0621 e. The molecule has 0 saturated heterocycles. The Morgan fingerprint density at radius 1 is 1.58 bits per heavy atom.